The smallest absolute Gasteiger partial charge is 0.267 e. The van der Waals surface area contributed by atoms with Crippen LogP contribution in [-0.2, 0) is 19.4 Å². The standard InChI is InChI=1S/C19H27N7O/c1-23(2)19-20-7-6-17(21-19)25-11-8-24(9-12-25)10-13-26-18(27)14-15-4-3-5-16(15)22-26/h6-7,14H,3-5,8-13H2,1-2H3. The maximum atomic E-state index is 12.2. The van der Waals surface area contributed by atoms with Crippen LogP contribution in [0.15, 0.2) is 23.1 Å². The molecule has 0 bridgehead atoms. The van der Waals surface area contributed by atoms with E-state index in [1.54, 1.807) is 10.7 Å². The van der Waals surface area contributed by atoms with Crippen LogP contribution >= 0.6 is 0 Å². The molecule has 0 N–H and O–H groups in total. The Morgan fingerprint density at radius 1 is 1.11 bits per heavy atom. The number of hydrogen-bond donors (Lipinski definition) is 0. The first-order valence-electron chi connectivity index (χ1n) is 9.68. The Morgan fingerprint density at radius 2 is 1.93 bits per heavy atom. The van der Waals surface area contributed by atoms with Gasteiger partial charge in [0.25, 0.3) is 5.56 Å². The van der Waals surface area contributed by atoms with Crippen LogP contribution in [0.3, 0.4) is 0 Å². The number of fused-ring (bicyclic) bond motifs is 1. The molecule has 1 aliphatic carbocycles. The topological polar surface area (TPSA) is 70.4 Å². The Bertz CT molecular complexity index is 855. The molecule has 8 heteroatoms. The Morgan fingerprint density at radius 3 is 2.70 bits per heavy atom. The Labute approximate surface area is 159 Å². The van der Waals surface area contributed by atoms with Crippen LogP contribution < -0.4 is 15.4 Å². The second-order valence-corrected chi connectivity index (χ2v) is 7.47. The number of aromatic nitrogens is 4. The quantitative estimate of drug-likeness (QED) is 0.756. The monoisotopic (exact) mass is 369 g/mol. The molecule has 0 aromatic carbocycles. The normalized spacial score (nSPS) is 17.2. The Hall–Kier alpha value is -2.48. The minimum absolute atomic E-state index is 0.0338. The molecule has 0 unspecified atom stereocenters. The highest BCUT2D eigenvalue weighted by molar-refractivity contribution is 5.43. The first kappa shape index (κ1) is 17.9. The minimum atomic E-state index is 0.0338. The second kappa shape index (κ2) is 7.64. The molecule has 4 rings (SSSR count). The summed E-state index contributed by atoms with van der Waals surface area (Å²) in [5, 5.41) is 4.57. The molecule has 0 spiro atoms. The van der Waals surface area contributed by atoms with Gasteiger partial charge < -0.3 is 9.80 Å². The van der Waals surface area contributed by atoms with E-state index in [2.05, 4.69) is 24.9 Å². The van der Waals surface area contributed by atoms with E-state index in [0.717, 1.165) is 75.0 Å². The van der Waals surface area contributed by atoms with Gasteiger partial charge in [0.05, 0.1) is 12.2 Å². The third kappa shape index (κ3) is 3.95. The molecule has 1 fully saturated rings. The van der Waals surface area contributed by atoms with Crippen LogP contribution in [0.2, 0.25) is 0 Å². The van der Waals surface area contributed by atoms with Gasteiger partial charge in [0, 0.05) is 59.1 Å². The average molecular weight is 369 g/mol. The molecule has 0 saturated carbocycles. The van der Waals surface area contributed by atoms with Gasteiger partial charge in [0.1, 0.15) is 5.82 Å². The largest absolute Gasteiger partial charge is 0.354 e. The molecule has 0 atom stereocenters. The molecule has 0 amide bonds. The van der Waals surface area contributed by atoms with Crippen molar-refractivity contribution < 1.29 is 0 Å². The molecule has 2 aromatic rings. The maximum Gasteiger partial charge on any atom is 0.267 e. The molecule has 1 aliphatic heterocycles. The molecular weight excluding hydrogens is 342 g/mol. The SMILES string of the molecule is CN(C)c1nccc(N2CCN(CCn3nc4c(cc3=O)CCC4)CC2)n1. The summed E-state index contributed by atoms with van der Waals surface area (Å²) in [7, 11) is 3.90. The van der Waals surface area contributed by atoms with Crippen molar-refractivity contribution in [2.45, 2.75) is 25.8 Å². The van der Waals surface area contributed by atoms with Crippen LogP contribution in [0.4, 0.5) is 11.8 Å². The number of piperazine rings is 1. The van der Waals surface area contributed by atoms with Crippen molar-refractivity contribution in [3.63, 3.8) is 0 Å². The van der Waals surface area contributed by atoms with E-state index < -0.39 is 0 Å². The van der Waals surface area contributed by atoms with Crippen LogP contribution in [0.25, 0.3) is 0 Å². The van der Waals surface area contributed by atoms with Crippen LogP contribution in [0.5, 0.6) is 0 Å². The summed E-state index contributed by atoms with van der Waals surface area (Å²) in [5.41, 5.74) is 2.29. The lowest BCUT2D eigenvalue weighted by atomic mass is 10.2. The zero-order valence-electron chi connectivity index (χ0n) is 16.1. The van der Waals surface area contributed by atoms with Gasteiger partial charge in [0.15, 0.2) is 0 Å². The second-order valence-electron chi connectivity index (χ2n) is 7.47. The lowest BCUT2D eigenvalue weighted by molar-refractivity contribution is 0.242. The number of hydrogen-bond acceptors (Lipinski definition) is 7. The highest BCUT2D eigenvalue weighted by atomic mass is 16.1. The predicted octanol–water partition coefficient (Wildman–Crippen LogP) is 0.410. The van der Waals surface area contributed by atoms with Crippen molar-refractivity contribution in [2.75, 3.05) is 56.6 Å². The average Bonchev–Trinajstić information content (AvgIpc) is 3.13. The van der Waals surface area contributed by atoms with Gasteiger partial charge in [-0.3, -0.25) is 9.69 Å². The van der Waals surface area contributed by atoms with E-state index in [1.807, 2.05) is 31.3 Å². The summed E-state index contributed by atoms with van der Waals surface area (Å²) >= 11 is 0. The molecule has 0 radical (unpaired) electrons. The number of rotatable bonds is 5. The van der Waals surface area contributed by atoms with Crippen molar-refractivity contribution in [2.24, 2.45) is 0 Å². The predicted molar refractivity (Wildman–Crippen MR) is 106 cm³/mol. The van der Waals surface area contributed by atoms with Gasteiger partial charge >= 0.3 is 0 Å². The highest BCUT2D eigenvalue weighted by Crippen LogP contribution is 2.17. The molecule has 144 valence electrons. The minimum Gasteiger partial charge on any atom is -0.354 e. The number of anilines is 2. The number of nitrogens with zero attached hydrogens (tertiary/aromatic N) is 7. The van der Waals surface area contributed by atoms with E-state index in [4.69, 9.17) is 0 Å². The van der Waals surface area contributed by atoms with E-state index in [0.29, 0.717) is 6.54 Å². The number of aryl methyl sites for hydroxylation is 2. The zero-order chi connectivity index (χ0) is 18.8. The molecule has 3 heterocycles. The summed E-state index contributed by atoms with van der Waals surface area (Å²) in [6.07, 6.45) is 4.93. The van der Waals surface area contributed by atoms with Crippen LogP contribution in [-0.4, -0.2) is 71.5 Å². The summed E-state index contributed by atoms with van der Waals surface area (Å²) in [4.78, 5) is 27.7. The van der Waals surface area contributed by atoms with Crippen molar-refractivity contribution in [3.05, 3.63) is 39.9 Å². The van der Waals surface area contributed by atoms with Gasteiger partial charge in [-0.1, -0.05) is 0 Å². The summed E-state index contributed by atoms with van der Waals surface area (Å²) in [6, 6.07) is 3.75. The van der Waals surface area contributed by atoms with E-state index in [-0.39, 0.29) is 5.56 Å². The highest BCUT2D eigenvalue weighted by Gasteiger charge is 2.19. The molecule has 2 aromatic heterocycles. The van der Waals surface area contributed by atoms with Crippen molar-refractivity contribution in [3.8, 4) is 0 Å². The first-order chi connectivity index (χ1) is 13.1. The van der Waals surface area contributed by atoms with Crippen molar-refractivity contribution in [1.82, 2.24) is 24.6 Å². The fourth-order valence-electron chi connectivity index (χ4n) is 3.77. The van der Waals surface area contributed by atoms with E-state index in [1.165, 1.54) is 0 Å². The van der Waals surface area contributed by atoms with Crippen LogP contribution in [0, 0.1) is 0 Å². The van der Waals surface area contributed by atoms with Gasteiger partial charge in [-0.25, -0.2) is 9.67 Å². The van der Waals surface area contributed by atoms with Gasteiger partial charge in [-0.05, 0) is 30.9 Å². The lowest BCUT2D eigenvalue weighted by Crippen LogP contribution is -2.48. The van der Waals surface area contributed by atoms with Crippen molar-refractivity contribution >= 4 is 11.8 Å². The summed E-state index contributed by atoms with van der Waals surface area (Å²) < 4.78 is 1.64. The molecular formula is C19H27N7O. The van der Waals surface area contributed by atoms with Gasteiger partial charge in [-0.2, -0.15) is 10.1 Å². The summed E-state index contributed by atoms with van der Waals surface area (Å²) in [5.74, 6) is 1.71. The van der Waals surface area contributed by atoms with Gasteiger partial charge in [-0.15, -0.1) is 0 Å². The van der Waals surface area contributed by atoms with Gasteiger partial charge in [0.2, 0.25) is 5.95 Å². The zero-order valence-corrected chi connectivity index (χ0v) is 16.1. The molecule has 2 aliphatic rings. The Balaban J connectivity index is 1.32. The fourth-order valence-corrected chi connectivity index (χ4v) is 3.77. The maximum absolute atomic E-state index is 12.2. The van der Waals surface area contributed by atoms with Crippen LogP contribution in [0.1, 0.15) is 17.7 Å². The van der Waals surface area contributed by atoms with E-state index >= 15 is 0 Å². The molecule has 1 saturated heterocycles. The third-order valence-corrected chi connectivity index (χ3v) is 5.38. The van der Waals surface area contributed by atoms with E-state index in [9.17, 15) is 4.79 Å². The lowest BCUT2D eigenvalue weighted by Gasteiger charge is -2.35. The first-order valence-corrected chi connectivity index (χ1v) is 9.68. The fraction of sp³-hybridized carbons (Fsp3) is 0.579. The molecule has 27 heavy (non-hydrogen) atoms. The van der Waals surface area contributed by atoms with Crippen molar-refractivity contribution in [1.29, 1.82) is 0 Å². The summed E-state index contributed by atoms with van der Waals surface area (Å²) in [6.45, 7) is 5.28. The molecule has 8 nitrogen and oxygen atoms in total. The third-order valence-electron chi connectivity index (χ3n) is 5.38. The Kier molecular flexibility index (Phi) is 5.07.